The summed E-state index contributed by atoms with van der Waals surface area (Å²) >= 11 is 0. The standard InChI is InChI=1S/C15H20O4/c1-9-4-3-5-11(8-16)7-12(17)14-10(2)15(18)19-13(14)6-9/h5-6,12-14,16-17H,2-4,7-8H2,1H3/b9-6+,11-5?/t12-,13-,14-/m1/s1. The molecule has 0 aromatic heterocycles. The van der Waals surface area contributed by atoms with Crippen LogP contribution in [0.2, 0.25) is 0 Å². The third kappa shape index (κ3) is 2.96. The molecule has 19 heavy (non-hydrogen) atoms. The van der Waals surface area contributed by atoms with Gasteiger partial charge in [-0.25, -0.2) is 4.79 Å². The molecule has 4 nitrogen and oxygen atoms in total. The van der Waals surface area contributed by atoms with Gasteiger partial charge in [0.25, 0.3) is 0 Å². The van der Waals surface area contributed by atoms with Gasteiger partial charge in [-0.05, 0) is 37.8 Å². The van der Waals surface area contributed by atoms with Crippen LogP contribution in [0, 0.1) is 5.92 Å². The average Bonchev–Trinajstić information content (AvgIpc) is 2.63. The first-order valence-corrected chi connectivity index (χ1v) is 6.57. The van der Waals surface area contributed by atoms with E-state index in [1.165, 1.54) is 0 Å². The second-order valence-electron chi connectivity index (χ2n) is 5.26. The zero-order valence-electron chi connectivity index (χ0n) is 11.1. The van der Waals surface area contributed by atoms with Gasteiger partial charge in [-0.15, -0.1) is 0 Å². The molecule has 0 unspecified atom stereocenters. The second-order valence-corrected chi connectivity index (χ2v) is 5.26. The number of esters is 1. The number of allylic oxidation sites excluding steroid dienone is 2. The van der Waals surface area contributed by atoms with Gasteiger partial charge in [-0.3, -0.25) is 0 Å². The van der Waals surface area contributed by atoms with E-state index in [2.05, 4.69) is 6.58 Å². The smallest absolute Gasteiger partial charge is 0.334 e. The van der Waals surface area contributed by atoms with Gasteiger partial charge in [0, 0.05) is 5.57 Å². The molecule has 1 saturated heterocycles. The third-order valence-corrected chi connectivity index (χ3v) is 3.77. The SMILES string of the molecule is C=C1C(=O)O[C@@H]2/C=C(\C)CCC=C(CO)C[C@@H](O)[C@@H]12. The number of hydrogen-bond acceptors (Lipinski definition) is 4. The number of fused-ring (bicyclic) bond motifs is 1. The molecule has 1 fully saturated rings. The Morgan fingerprint density at radius 2 is 2.26 bits per heavy atom. The quantitative estimate of drug-likeness (QED) is 0.428. The van der Waals surface area contributed by atoms with Gasteiger partial charge in [0.1, 0.15) is 6.10 Å². The highest BCUT2D eigenvalue weighted by molar-refractivity contribution is 5.91. The Morgan fingerprint density at radius 3 is 2.95 bits per heavy atom. The second kappa shape index (κ2) is 5.72. The Labute approximate surface area is 113 Å². The topological polar surface area (TPSA) is 66.8 Å². The van der Waals surface area contributed by atoms with Crippen LogP contribution in [0.1, 0.15) is 26.2 Å². The Morgan fingerprint density at radius 1 is 1.53 bits per heavy atom. The lowest BCUT2D eigenvalue weighted by molar-refractivity contribution is -0.137. The molecule has 1 heterocycles. The minimum atomic E-state index is -0.760. The van der Waals surface area contributed by atoms with Crippen LogP contribution in [0.3, 0.4) is 0 Å². The first kappa shape index (κ1) is 14.0. The normalized spacial score (nSPS) is 35.0. The summed E-state index contributed by atoms with van der Waals surface area (Å²) in [5, 5.41) is 19.6. The van der Waals surface area contributed by atoms with Crippen LogP contribution >= 0.6 is 0 Å². The van der Waals surface area contributed by atoms with Gasteiger partial charge >= 0.3 is 5.97 Å². The average molecular weight is 264 g/mol. The van der Waals surface area contributed by atoms with Gasteiger partial charge in [0.2, 0.25) is 0 Å². The lowest BCUT2D eigenvalue weighted by Crippen LogP contribution is -2.29. The summed E-state index contributed by atoms with van der Waals surface area (Å²) in [4.78, 5) is 11.6. The lowest BCUT2D eigenvalue weighted by Gasteiger charge is -2.23. The number of hydrogen-bond donors (Lipinski definition) is 2. The molecule has 104 valence electrons. The molecule has 2 aliphatic rings. The van der Waals surface area contributed by atoms with Gasteiger partial charge in [0.05, 0.1) is 18.6 Å². The summed E-state index contributed by atoms with van der Waals surface area (Å²) in [6.07, 6.45) is 4.69. The molecule has 3 atom stereocenters. The van der Waals surface area contributed by atoms with Crippen molar-refractivity contribution < 1.29 is 19.7 Å². The van der Waals surface area contributed by atoms with Gasteiger partial charge in [-0.1, -0.05) is 18.2 Å². The van der Waals surface area contributed by atoms with E-state index >= 15 is 0 Å². The molecule has 0 aromatic rings. The van der Waals surface area contributed by atoms with Gasteiger partial charge in [0.15, 0.2) is 0 Å². The van der Waals surface area contributed by atoms with Crippen molar-refractivity contribution in [2.24, 2.45) is 5.92 Å². The first-order chi connectivity index (χ1) is 9.02. The zero-order chi connectivity index (χ0) is 14.0. The van der Waals surface area contributed by atoms with E-state index in [0.717, 1.165) is 24.0 Å². The maximum atomic E-state index is 11.6. The van der Waals surface area contributed by atoms with E-state index in [-0.39, 0.29) is 6.61 Å². The van der Waals surface area contributed by atoms with Crippen molar-refractivity contribution in [3.63, 3.8) is 0 Å². The van der Waals surface area contributed by atoms with Crippen molar-refractivity contribution in [3.8, 4) is 0 Å². The largest absolute Gasteiger partial charge is 0.454 e. The fourth-order valence-electron chi connectivity index (χ4n) is 2.67. The minimum absolute atomic E-state index is 0.0709. The number of carbonyl (C=O) groups excluding carboxylic acids is 1. The molecule has 0 spiro atoms. The van der Waals surface area contributed by atoms with Crippen molar-refractivity contribution in [2.75, 3.05) is 6.61 Å². The Bertz CT molecular complexity index is 447. The van der Waals surface area contributed by atoms with Crippen LogP contribution in [-0.4, -0.2) is 35.0 Å². The highest BCUT2D eigenvalue weighted by Gasteiger charge is 2.42. The number of rotatable bonds is 1. The third-order valence-electron chi connectivity index (χ3n) is 3.77. The van der Waals surface area contributed by atoms with E-state index in [4.69, 9.17) is 4.74 Å². The summed E-state index contributed by atoms with van der Waals surface area (Å²) in [6.45, 7) is 5.63. The van der Waals surface area contributed by atoms with Crippen LogP contribution in [-0.2, 0) is 9.53 Å². The van der Waals surface area contributed by atoms with Crippen LogP contribution < -0.4 is 0 Å². The maximum absolute atomic E-state index is 11.6. The Hall–Kier alpha value is -1.39. The number of carbonyl (C=O) groups is 1. The predicted molar refractivity (Wildman–Crippen MR) is 71.3 cm³/mol. The van der Waals surface area contributed by atoms with E-state index in [0.29, 0.717) is 12.0 Å². The fraction of sp³-hybridized carbons (Fsp3) is 0.533. The summed E-state index contributed by atoms with van der Waals surface area (Å²) in [5.74, 6) is -0.859. The Kier molecular flexibility index (Phi) is 4.22. The minimum Gasteiger partial charge on any atom is -0.454 e. The molecule has 2 rings (SSSR count). The molecule has 0 bridgehead atoms. The molecule has 4 heteroatoms. The lowest BCUT2D eigenvalue weighted by atomic mass is 9.85. The maximum Gasteiger partial charge on any atom is 0.334 e. The number of ether oxygens (including phenoxy) is 1. The highest BCUT2D eigenvalue weighted by atomic mass is 16.6. The molecule has 1 aliphatic carbocycles. The van der Waals surface area contributed by atoms with Gasteiger partial charge in [-0.2, -0.15) is 0 Å². The predicted octanol–water partition coefficient (Wildman–Crippen LogP) is 1.49. The molecular formula is C15H20O4. The van der Waals surface area contributed by atoms with E-state index < -0.39 is 24.1 Å². The fourth-order valence-corrected chi connectivity index (χ4v) is 2.67. The summed E-state index contributed by atoms with van der Waals surface area (Å²) in [7, 11) is 0. The van der Waals surface area contributed by atoms with E-state index in [1.54, 1.807) is 0 Å². The van der Waals surface area contributed by atoms with Crippen molar-refractivity contribution >= 4 is 5.97 Å². The Balaban J connectivity index is 2.32. The molecule has 2 N–H and O–H groups in total. The van der Waals surface area contributed by atoms with Crippen LogP contribution in [0.4, 0.5) is 0 Å². The zero-order valence-corrected chi connectivity index (χ0v) is 11.1. The molecule has 0 radical (unpaired) electrons. The molecular weight excluding hydrogens is 244 g/mol. The summed E-state index contributed by atoms with van der Waals surface area (Å²) < 4.78 is 5.26. The summed E-state index contributed by atoms with van der Waals surface area (Å²) in [5.41, 5.74) is 2.23. The molecule has 1 aliphatic heterocycles. The monoisotopic (exact) mass is 264 g/mol. The van der Waals surface area contributed by atoms with Crippen molar-refractivity contribution in [3.05, 3.63) is 35.5 Å². The highest BCUT2D eigenvalue weighted by Crippen LogP contribution is 2.34. The van der Waals surface area contributed by atoms with Gasteiger partial charge < -0.3 is 14.9 Å². The molecule has 0 saturated carbocycles. The first-order valence-electron chi connectivity index (χ1n) is 6.57. The van der Waals surface area contributed by atoms with Crippen molar-refractivity contribution in [1.29, 1.82) is 0 Å². The van der Waals surface area contributed by atoms with E-state index in [9.17, 15) is 15.0 Å². The van der Waals surface area contributed by atoms with E-state index in [1.807, 2.05) is 19.1 Å². The molecule has 0 aromatic carbocycles. The summed E-state index contributed by atoms with van der Waals surface area (Å²) in [6, 6.07) is 0. The van der Waals surface area contributed by atoms with Crippen molar-refractivity contribution in [2.45, 2.75) is 38.4 Å². The van der Waals surface area contributed by atoms with Crippen LogP contribution in [0.25, 0.3) is 0 Å². The molecule has 0 amide bonds. The van der Waals surface area contributed by atoms with Crippen molar-refractivity contribution in [1.82, 2.24) is 0 Å². The van der Waals surface area contributed by atoms with Crippen LogP contribution in [0.5, 0.6) is 0 Å². The number of aliphatic hydroxyl groups excluding tert-OH is 2. The number of aliphatic hydroxyl groups is 2. The van der Waals surface area contributed by atoms with Crippen LogP contribution in [0.15, 0.2) is 35.5 Å².